The van der Waals surface area contributed by atoms with Gasteiger partial charge >= 0.3 is 5.97 Å². The molecule has 3 aromatic heterocycles. The van der Waals surface area contributed by atoms with Gasteiger partial charge in [0, 0.05) is 17.7 Å². The Morgan fingerprint density at radius 2 is 2.03 bits per heavy atom. The van der Waals surface area contributed by atoms with Gasteiger partial charge in [-0.2, -0.15) is 28.7 Å². The zero-order valence-corrected chi connectivity index (χ0v) is 20.3. The molecule has 0 spiro atoms. The van der Waals surface area contributed by atoms with Crippen molar-refractivity contribution in [3.05, 3.63) is 59.0 Å². The Hall–Kier alpha value is -3.54. The molecule has 12 heteroatoms. The molecule has 0 bridgehead atoms. The fourth-order valence-electron chi connectivity index (χ4n) is 3.90. The molecular weight excluding hydrogens is 478 g/mol. The Kier molecular flexibility index (Phi) is 6.75. The van der Waals surface area contributed by atoms with Gasteiger partial charge in [0.1, 0.15) is 22.7 Å². The van der Waals surface area contributed by atoms with Crippen LogP contribution >= 0.6 is 13.5 Å². The SMILES string of the molecule is CCOC(=O)c1cnn(-c2nc(OC)c3c(n2)c(C2CC2)nn3[C@@H](C)c2cc(F)ccc2F)c1.S. The topological polar surface area (TPSA) is 96.9 Å². The van der Waals surface area contributed by atoms with E-state index in [1.54, 1.807) is 18.5 Å². The van der Waals surface area contributed by atoms with E-state index in [4.69, 9.17) is 14.6 Å². The number of methoxy groups -OCH3 is 1. The van der Waals surface area contributed by atoms with Crippen LogP contribution in [0.2, 0.25) is 0 Å². The molecule has 0 aliphatic heterocycles. The molecule has 184 valence electrons. The lowest BCUT2D eigenvalue weighted by molar-refractivity contribution is 0.0526. The van der Waals surface area contributed by atoms with Crippen molar-refractivity contribution >= 4 is 30.5 Å². The van der Waals surface area contributed by atoms with Crippen LogP contribution < -0.4 is 4.74 Å². The number of halogens is 2. The van der Waals surface area contributed by atoms with Crippen LogP contribution in [0, 0.1) is 11.6 Å². The van der Waals surface area contributed by atoms with Crippen LogP contribution in [0.15, 0.2) is 30.6 Å². The van der Waals surface area contributed by atoms with E-state index in [0.29, 0.717) is 11.0 Å². The van der Waals surface area contributed by atoms with E-state index in [1.165, 1.54) is 24.2 Å². The molecule has 0 saturated heterocycles. The van der Waals surface area contributed by atoms with Crippen LogP contribution in [0.3, 0.4) is 0 Å². The van der Waals surface area contributed by atoms with Gasteiger partial charge in [0.2, 0.25) is 5.88 Å². The summed E-state index contributed by atoms with van der Waals surface area (Å²) < 4.78 is 42.0. The van der Waals surface area contributed by atoms with Gasteiger partial charge in [-0.1, -0.05) is 0 Å². The number of ether oxygens (including phenoxy) is 2. The molecule has 35 heavy (non-hydrogen) atoms. The van der Waals surface area contributed by atoms with Crippen LogP contribution in [0.5, 0.6) is 5.88 Å². The molecule has 4 aromatic rings. The van der Waals surface area contributed by atoms with Gasteiger partial charge < -0.3 is 9.47 Å². The maximum absolute atomic E-state index is 14.6. The molecular formula is C23H24F2N6O3S. The Morgan fingerprint density at radius 1 is 1.26 bits per heavy atom. The molecule has 3 heterocycles. The molecule has 0 N–H and O–H groups in total. The average Bonchev–Trinajstić information content (AvgIpc) is 3.41. The highest BCUT2D eigenvalue weighted by molar-refractivity contribution is 7.59. The molecule has 5 rings (SSSR count). The molecule has 1 aromatic carbocycles. The van der Waals surface area contributed by atoms with Gasteiger partial charge in [0.15, 0.2) is 0 Å². The Bertz CT molecular complexity index is 1400. The van der Waals surface area contributed by atoms with E-state index in [-0.39, 0.29) is 49.0 Å². The quantitative estimate of drug-likeness (QED) is 0.351. The summed E-state index contributed by atoms with van der Waals surface area (Å²) >= 11 is 0. The van der Waals surface area contributed by atoms with E-state index in [0.717, 1.165) is 36.7 Å². The third-order valence-corrected chi connectivity index (χ3v) is 5.76. The van der Waals surface area contributed by atoms with Crippen LogP contribution in [-0.4, -0.2) is 49.2 Å². The summed E-state index contributed by atoms with van der Waals surface area (Å²) in [7, 11) is 1.46. The van der Waals surface area contributed by atoms with Gasteiger partial charge in [-0.3, -0.25) is 4.68 Å². The average molecular weight is 503 g/mol. The summed E-state index contributed by atoms with van der Waals surface area (Å²) in [6, 6.07) is 2.69. The van der Waals surface area contributed by atoms with E-state index in [1.807, 2.05) is 0 Å². The fourth-order valence-corrected chi connectivity index (χ4v) is 3.90. The van der Waals surface area contributed by atoms with E-state index >= 15 is 0 Å². The summed E-state index contributed by atoms with van der Waals surface area (Å²) in [5.74, 6) is -0.983. The Morgan fingerprint density at radius 3 is 2.71 bits per heavy atom. The standard InChI is InChI=1S/C23H22F2N6O3.H2S/c1-4-34-22(32)14-10-26-30(11-14)23-27-19-18(13-5-6-13)29-31(20(19)21(28-23)33-3)12(2)16-9-15(24)7-8-17(16)25;/h7-13H,4-6H2,1-3H3;1H2/t12-;/m0./s1. The van der Waals surface area contributed by atoms with Crippen molar-refractivity contribution < 1.29 is 23.0 Å². The smallest absolute Gasteiger partial charge is 0.341 e. The fraction of sp³-hybridized carbons (Fsp3) is 0.348. The minimum Gasteiger partial charge on any atom is -0.479 e. The first-order valence-electron chi connectivity index (χ1n) is 10.9. The number of nitrogens with zero attached hydrogens (tertiary/aromatic N) is 6. The summed E-state index contributed by atoms with van der Waals surface area (Å²) in [5.41, 5.74) is 2.17. The second-order valence-corrected chi connectivity index (χ2v) is 8.07. The lowest BCUT2D eigenvalue weighted by Gasteiger charge is -2.16. The first-order valence-corrected chi connectivity index (χ1v) is 10.9. The van der Waals surface area contributed by atoms with Crippen molar-refractivity contribution in [3.8, 4) is 11.8 Å². The molecule has 0 radical (unpaired) electrons. The van der Waals surface area contributed by atoms with Crippen molar-refractivity contribution in [1.29, 1.82) is 0 Å². The van der Waals surface area contributed by atoms with Gasteiger partial charge in [0.05, 0.1) is 37.2 Å². The second kappa shape index (κ2) is 9.61. The minimum atomic E-state index is -0.644. The summed E-state index contributed by atoms with van der Waals surface area (Å²) in [6.45, 7) is 3.69. The lowest BCUT2D eigenvalue weighted by atomic mass is 10.1. The van der Waals surface area contributed by atoms with Crippen molar-refractivity contribution in [2.45, 2.75) is 38.6 Å². The van der Waals surface area contributed by atoms with E-state index in [2.05, 4.69) is 15.1 Å². The lowest BCUT2D eigenvalue weighted by Crippen LogP contribution is -2.12. The third-order valence-electron chi connectivity index (χ3n) is 5.76. The number of hydrogen-bond acceptors (Lipinski definition) is 7. The molecule has 1 aliphatic rings. The number of benzene rings is 1. The van der Waals surface area contributed by atoms with Crippen molar-refractivity contribution in [1.82, 2.24) is 29.5 Å². The highest BCUT2D eigenvalue weighted by Gasteiger charge is 2.33. The van der Waals surface area contributed by atoms with E-state index in [9.17, 15) is 13.6 Å². The van der Waals surface area contributed by atoms with Crippen LogP contribution in [-0.2, 0) is 4.74 Å². The molecule has 1 fully saturated rings. The first-order chi connectivity index (χ1) is 16.4. The number of hydrogen-bond donors (Lipinski definition) is 0. The largest absolute Gasteiger partial charge is 0.479 e. The third kappa shape index (κ3) is 4.45. The molecule has 1 aliphatic carbocycles. The normalized spacial score (nSPS) is 14.0. The summed E-state index contributed by atoms with van der Waals surface area (Å²) in [5, 5.41) is 8.93. The monoisotopic (exact) mass is 502 g/mol. The predicted molar refractivity (Wildman–Crippen MR) is 127 cm³/mol. The van der Waals surface area contributed by atoms with Crippen molar-refractivity contribution in [2.75, 3.05) is 13.7 Å². The first kappa shape index (κ1) is 24.6. The number of carbonyl (C=O) groups excluding carboxylic acids is 1. The van der Waals surface area contributed by atoms with E-state index < -0.39 is 23.6 Å². The number of fused-ring (bicyclic) bond motifs is 1. The Balaban J connectivity index is 0.00000289. The molecule has 1 atom stereocenters. The van der Waals surface area contributed by atoms with Crippen LogP contribution in [0.1, 0.15) is 60.3 Å². The van der Waals surface area contributed by atoms with Crippen LogP contribution in [0.25, 0.3) is 17.0 Å². The molecule has 0 amide bonds. The molecule has 1 saturated carbocycles. The predicted octanol–water partition coefficient (Wildman–Crippen LogP) is 4.08. The zero-order valence-electron chi connectivity index (χ0n) is 19.3. The number of esters is 1. The highest BCUT2D eigenvalue weighted by Crippen LogP contribution is 2.44. The van der Waals surface area contributed by atoms with Crippen molar-refractivity contribution in [2.24, 2.45) is 0 Å². The minimum absolute atomic E-state index is 0. The maximum Gasteiger partial charge on any atom is 0.341 e. The zero-order chi connectivity index (χ0) is 24.0. The number of rotatable bonds is 7. The highest BCUT2D eigenvalue weighted by atomic mass is 32.1. The van der Waals surface area contributed by atoms with Gasteiger partial charge in [-0.25, -0.2) is 23.2 Å². The Labute approximate surface area is 206 Å². The molecule has 0 unspecified atom stereocenters. The number of aromatic nitrogens is 6. The van der Waals surface area contributed by atoms with Crippen molar-refractivity contribution in [3.63, 3.8) is 0 Å². The summed E-state index contributed by atoms with van der Waals surface area (Å²) in [6.07, 6.45) is 4.75. The summed E-state index contributed by atoms with van der Waals surface area (Å²) in [4.78, 5) is 21.2. The second-order valence-electron chi connectivity index (χ2n) is 8.07. The maximum atomic E-state index is 14.6. The van der Waals surface area contributed by atoms with Gasteiger partial charge in [-0.15, -0.1) is 0 Å². The van der Waals surface area contributed by atoms with Crippen LogP contribution in [0.4, 0.5) is 8.78 Å². The van der Waals surface area contributed by atoms with Gasteiger partial charge in [-0.05, 0) is 44.9 Å². The van der Waals surface area contributed by atoms with Gasteiger partial charge in [0.25, 0.3) is 5.95 Å². The number of carbonyl (C=O) groups is 1. The molecule has 9 nitrogen and oxygen atoms in total.